The number of halogens is 2. The molecule has 1 aliphatic rings. The summed E-state index contributed by atoms with van der Waals surface area (Å²) in [5.41, 5.74) is 2.59. The van der Waals surface area contributed by atoms with Crippen LogP contribution in [0.3, 0.4) is 0 Å². The molecule has 1 fully saturated rings. The fourth-order valence-electron chi connectivity index (χ4n) is 6.07. The van der Waals surface area contributed by atoms with Gasteiger partial charge in [0.15, 0.2) is 0 Å². The highest BCUT2D eigenvalue weighted by Crippen LogP contribution is 2.30. The van der Waals surface area contributed by atoms with Crippen LogP contribution in [0.25, 0.3) is 0 Å². The average Bonchev–Trinajstić information content (AvgIpc) is 3.11. The summed E-state index contributed by atoms with van der Waals surface area (Å²) in [6, 6.07) is 27.1. The molecule has 2 amide bonds. The first-order chi connectivity index (χ1) is 23.6. The molecule has 4 aromatic rings. The van der Waals surface area contributed by atoms with Crippen molar-refractivity contribution < 1.29 is 18.0 Å². The van der Waals surface area contributed by atoms with E-state index in [1.807, 2.05) is 43.5 Å². The van der Waals surface area contributed by atoms with E-state index in [4.69, 9.17) is 23.2 Å². The smallest absolute Gasteiger partial charge is 0.264 e. The van der Waals surface area contributed by atoms with Crippen molar-refractivity contribution >= 4 is 62.5 Å². The fraction of sp³-hybridized carbons (Fsp3) is 0.316. The molecule has 1 aliphatic carbocycles. The van der Waals surface area contributed by atoms with E-state index in [1.165, 1.54) is 16.7 Å². The monoisotopic (exact) mass is 737 g/mol. The van der Waals surface area contributed by atoms with Crippen LogP contribution in [0.4, 0.5) is 5.69 Å². The SMILES string of the molecule is CSc1ccc(S(=O)(=O)N(CC(=O)N(Cc2c(Cl)cccc2Cl)[C@@H](Cc2ccccc2)C(=O)NC2CCCCC2)c2ccc(C)cc2)cc1. The van der Waals surface area contributed by atoms with E-state index in [-0.39, 0.29) is 29.8 Å². The Kier molecular flexibility index (Phi) is 12.7. The van der Waals surface area contributed by atoms with E-state index in [1.54, 1.807) is 66.7 Å². The zero-order chi connectivity index (χ0) is 35.0. The number of carbonyl (C=O) groups excluding carboxylic acids is 2. The Morgan fingerprint density at radius 3 is 2.10 bits per heavy atom. The molecular formula is C38H41Cl2N3O4S2. The van der Waals surface area contributed by atoms with Gasteiger partial charge in [-0.1, -0.05) is 96.6 Å². The van der Waals surface area contributed by atoms with Gasteiger partial charge in [0, 0.05) is 39.5 Å². The lowest BCUT2D eigenvalue weighted by atomic mass is 9.94. The molecule has 0 bridgehead atoms. The van der Waals surface area contributed by atoms with E-state index in [9.17, 15) is 18.0 Å². The number of carbonyl (C=O) groups is 2. The minimum Gasteiger partial charge on any atom is -0.352 e. The Balaban J connectivity index is 1.58. The molecule has 1 saturated carbocycles. The van der Waals surface area contributed by atoms with E-state index in [2.05, 4.69) is 5.32 Å². The first-order valence-electron chi connectivity index (χ1n) is 16.4. The molecule has 0 aliphatic heterocycles. The Morgan fingerprint density at radius 1 is 0.857 bits per heavy atom. The highest BCUT2D eigenvalue weighted by Gasteiger charge is 2.36. The Bertz CT molecular complexity index is 1810. The summed E-state index contributed by atoms with van der Waals surface area (Å²) in [6.45, 7) is 1.25. The second-order valence-electron chi connectivity index (χ2n) is 12.3. The van der Waals surface area contributed by atoms with Crippen molar-refractivity contribution in [3.05, 3.63) is 124 Å². The number of nitrogens with one attached hydrogen (secondary N) is 1. The molecule has 5 rings (SSSR count). The number of amides is 2. The van der Waals surface area contributed by atoms with Crippen molar-refractivity contribution in [2.75, 3.05) is 17.1 Å². The normalized spacial score (nSPS) is 14.2. The maximum absolute atomic E-state index is 14.8. The maximum atomic E-state index is 14.8. The summed E-state index contributed by atoms with van der Waals surface area (Å²) in [6.07, 6.45) is 7.02. The fourth-order valence-corrected chi connectivity index (χ4v) is 8.41. The van der Waals surface area contributed by atoms with Crippen LogP contribution in [0.5, 0.6) is 0 Å². The standard InChI is InChI=1S/C38H41Cl2N3O4S2/c1-27-16-18-30(19-17-27)43(49(46,47)32-22-20-31(48-2)21-23-32)26-37(44)42(25-33-34(39)14-9-15-35(33)40)36(24-28-10-5-3-6-11-28)38(45)41-29-12-7-4-8-13-29/h3,5-6,9-11,14-23,29,36H,4,7-8,12-13,24-26H2,1-2H3,(H,41,45)/t36-/m0/s1. The highest BCUT2D eigenvalue weighted by molar-refractivity contribution is 7.98. The molecule has 0 unspecified atom stereocenters. The maximum Gasteiger partial charge on any atom is 0.264 e. The first kappa shape index (κ1) is 36.8. The first-order valence-corrected chi connectivity index (χ1v) is 19.8. The molecule has 0 saturated heterocycles. The van der Waals surface area contributed by atoms with Crippen LogP contribution in [0.2, 0.25) is 10.0 Å². The van der Waals surface area contributed by atoms with Crippen molar-refractivity contribution in [2.45, 2.75) is 73.9 Å². The molecule has 0 spiro atoms. The minimum atomic E-state index is -4.21. The third-order valence-corrected chi connectivity index (χ3v) is 12.1. The van der Waals surface area contributed by atoms with Crippen LogP contribution in [-0.2, 0) is 32.6 Å². The van der Waals surface area contributed by atoms with Crippen LogP contribution in [0.1, 0.15) is 48.8 Å². The van der Waals surface area contributed by atoms with Crippen LogP contribution >= 0.6 is 35.0 Å². The predicted molar refractivity (Wildman–Crippen MR) is 200 cm³/mol. The van der Waals surface area contributed by atoms with Crippen LogP contribution < -0.4 is 9.62 Å². The van der Waals surface area contributed by atoms with Gasteiger partial charge in [-0.3, -0.25) is 13.9 Å². The van der Waals surface area contributed by atoms with Crippen LogP contribution in [0, 0.1) is 6.92 Å². The molecule has 0 heterocycles. The van der Waals surface area contributed by atoms with Gasteiger partial charge < -0.3 is 10.2 Å². The Morgan fingerprint density at radius 2 is 1.49 bits per heavy atom. The summed E-state index contributed by atoms with van der Waals surface area (Å²) < 4.78 is 29.8. The Labute approximate surface area is 304 Å². The lowest BCUT2D eigenvalue weighted by molar-refractivity contribution is -0.140. The quantitative estimate of drug-likeness (QED) is 0.140. The zero-order valence-corrected chi connectivity index (χ0v) is 30.8. The molecule has 11 heteroatoms. The topological polar surface area (TPSA) is 86.8 Å². The van der Waals surface area contributed by atoms with Gasteiger partial charge >= 0.3 is 0 Å². The van der Waals surface area contributed by atoms with E-state index < -0.39 is 28.5 Å². The summed E-state index contributed by atoms with van der Waals surface area (Å²) in [7, 11) is -4.21. The molecule has 1 N–H and O–H groups in total. The molecule has 1 atom stereocenters. The van der Waals surface area contributed by atoms with Crippen molar-refractivity contribution in [3.63, 3.8) is 0 Å². The van der Waals surface area contributed by atoms with Gasteiger partial charge in [0.1, 0.15) is 12.6 Å². The van der Waals surface area contributed by atoms with Crippen LogP contribution in [0.15, 0.2) is 107 Å². The molecule has 49 heavy (non-hydrogen) atoms. The molecule has 0 radical (unpaired) electrons. The van der Waals surface area contributed by atoms with Gasteiger partial charge in [-0.25, -0.2) is 8.42 Å². The van der Waals surface area contributed by atoms with Gasteiger partial charge in [-0.05, 0) is 80.1 Å². The summed E-state index contributed by atoms with van der Waals surface area (Å²) in [4.78, 5) is 31.5. The predicted octanol–water partition coefficient (Wildman–Crippen LogP) is 8.31. The van der Waals surface area contributed by atoms with Crippen molar-refractivity contribution in [1.82, 2.24) is 10.2 Å². The van der Waals surface area contributed by atoms with Gasteiger partial charge in [-0.15, -0.1) is 11.8 Å². The summed E-state index contributed by atoms with van der Waals surface area (Å²) >= 11 is 14.8. The summed E-state index contributed by atoms with van der Waals surface area (Å²) in [5, 5.41) is 3.90. The second-order valence-corrected chi connectivity index (χ2v) is 15.9. The van der Waals surface area contributed by atoms with Gasteiger partial charge in [0.2, 0.25) is 11.8 Å². The second kappa shape index (κ2) is 16.9. The van der Waals surface area contributed by atoms with Gasteiger partial charge in [0.25, 0.3) is 10.0 Å². The number of thioether (sulfide) groups is 1. The third-order valence-electron chi connectivity index (χ3n) is 8.86. The molecule has 0 aromatic heterocycles. The number of rotatable bonds is 13. The highest BCUT2D eigenvalue weighted by atomic mass is 35.5. The molecule has 258 valence electrons. The largest absolute Gasteiger partial charge is 0.352 e. The number of hydrogen-bond acceptors (Lipinski definition) is 5. The number of nitrogens with zero attached hydrogens (tertiary/aromatic N) is 2. The van der Waals surface area contributed by atoms with Crippen molar-refractivity contribution in [2.24, 2.45) is 0 Å². The summed E-state index contributed by atoms with van der Waals surface area (Å²) in [5.74, 6) is -0.870. The molecule has 7 nitrogen and oxygen atoms in total. The number of anilines is 1. The van der Waals surface area contributed by atoms with E-state index in [0.717, 1.165) is 52.4 Å². The van der Waals surface area contributed by atoms with Gasteiger partial charge in [-0.2, -0.15) is 0 Å². The van der Waals surface area contributed by atoms with E-state index >= 15 is 0 Å². The third kappa shape index (κ3) is 9.39. The molecular weight excluding hydrogens is 697 g/mol. The number of aryl methyl sites for hydroxylation is 1. The lowest BCUT2D eigenvalue weighted by Crippen LogP contribution is -2.55. The Hall–Kier alpha value is -3.50. The number of hydrogen-bond donors (Lipinski definition) is 1. The molecule has 4 aromatic carbocycles. The van der Waals surface area contributed by atoms with Gasteiger partial charge in [0.05, 0.1) is 10.6 Å². The van der Waals surface area contributed by atoms with Crippen LogP contribution in [-0.4, -0.2) is 50.0 Å². The minimum absolute atomic E-state index is 0.00549. The number of sulfonamides is 1. The van der Waals surface area contributed by atoms with Crippen molar-refractivity contribution in [3.8, 4) is 0 Å². The average molecular weight is 739 g/mol. The van der Waals surface area contributed by atoms with Crippen molar-refractivity contribution in [1.29, 1.82) is 0 Å². The van der Waals surface area contributed by atoms with E-state index in [0.29, 0.717) is 21.3 Å². The lowest BCUT2D eigenvalue weighted by Gasteiger charge is -2.35. The number of benzene rings is 4. The zero-order valence-electron chi connectivity index (χ0n) is 27.6.